The zero-order chi connectivity index (χ0) is 25.5. The predicted octanol–water partition coefficient (Wildman–Crippen LogP) is 3.69. The predicted molar refractivity (Wildman–Crippen MR) is 123 cm³/mol. The van der Waals surface area contributed by atoms with Crippen molar-refractivity contribution in [2.45, 2.75) is 55.9 Å². The third-order valence-corrected chi connectivity index (χ3v) is 9.18. The van der Waals surface area contributed by atoms with Crippen LogP contribution in [0.3, 0.4) is 0 Å². The number of carbonyl (C=O) groups is 2. The fourth-order valence-electron chi connectivity index (χ4n) is 4.89. The fourth-order valence-corrected chi connectivity index (χ4v) is 7.08. The summed E-state index contributed by atoms with van der Waals surface area (Å²) >= 11 is 0. The van der Waals surface area contributed by atoms with Crippen LogP contribution in [0.2, 0.25) is 0 Å². The summed E-state index contributed by atoms with van der Waals surface area (Å²) < 4.78 is 63.1. The van der Waals surface area contributed by atoms with Crippen LogP contribution in [0.1, 0.15) is 54.5 Å². The Bertz CT molecular complexity index is 1290. The molecule has 0 aromatic heterocycles. The minimum atomic E-state index is -3.87. The number of hydrogen-bond donors (Lipinski definition) is 2. The topological polar surface area (TPSA) is 131 Å². The van der Waals surface area contributed by atoms with E-state index in [0.29, 0.717) is 18.4 Å². The van der Waals surface area contributed by atoms with Crippen LogP contribution in [-0.4, -0.2) is 36.5 Å². The summed E-state index contributed by atoms with van der Waals surface area (Å²) in [6, 6.07) is 10.0. The molecule has 1 amide bonds. The van der Waals surface area contributed by atoms with E-state index in [2.05, 4.69) is 4.74 Å². The van der Waals surface area contributed by atoms with E-state index < -0.39 is 50.4 Å². The minimum Gasteiger partial charge on any atom is -0.395 e. The second kappa shape index (κ2) is 9.12. The second-order valence-electron chi connectivity index (χ2n) is 9.06. The molecule has 0 unspecified atom stereocenters. The Balaban J connectivity index is 1.66. The summed E-state index contributed by atoms with van der Waals surface area (Å²) in [4.78, 5) is 22.8. The van der Waals surface area contributed by atoms with Gasteiger partial charge < -0.3 is 10.5 Å². The van der Waals surface area contributed by atoms with Crippen molar-refractivity contribution in [3.63, 3.8) is 0 Å². The maximum absolute atomic E-state index is 15.2. The molecule has 11 heteroatoms. The van der Waals surface area contributed by atoms with Crippen molar-refractivity contribution in [3.05, 3.63) is 70.8 Å². The third kappa shape index (κ3) is 4.45. The molecule has 0 radical (unpaired) electrons. The van der Waals surface area contributed by atoms with Gasteiger partial charge in [-0.1, -0.05) is 30.3 Å². The van der Waals surface area contributed by atoms with Gasteiger partial charge in [0.05, 0.1) is 5.41 Å². The van der Waals surface area contributed by atoms with Crippen molar-refractivity contribution in [2.75, 3.05) is 0 Å². The SMILES string of the molecule is C[C@H]1CC[C@H](c2ccccc2)S(=O)(=O)N1Cc1cc(F)c(C2(C(=N)OC(N)=O)CC(=O)C2)cc1F. The van der Waals surface area contributed by atoms with Crippen LogP contribution < -0.4 is 5.73 Å². The fraction of sp³-hybridized carbons (Fsp3) is 0.375. The average Bonchev–Trinajstić information content (AvgIpc) is 2.76. The number of Topliss-reactive ketones (excluding diaryl/α,β-unsaturated/α-hetero) is 1. The number of sulfonamides is 1. The molecule has 8 nitrogen and oxygen atoms in total. The van der Waals surface area contributed by atoms with E-state index in [1.54, 1.807) is 37.3 Å². The first-order chi connectivity index (χ1) is 16.5. The summed E-state index contributed by atoms with van der Waals surface area (Å²) in [7, 11) is -3.87. The van der Waals surface area contributed by atoms with Crippen molar-refractivity contribution < 1.29 is 31.5 Å². The molecule has 2 aliphatic rings. The minimum absolute atomic E-state index is 0.182. The van der Waals surface area contributed by atoms with Crippen molar-refractivity contribution in [1.82, 2.24) is 4.31 Å². The van der Waals surface area contributed by atoms with E-state index in [1.807, 2.05) is 0 Å². The lowest BCUT2D eigenvalue weighted by molar-refractivity contribution is -0.126. The van der Waals surface area contributed by atoms with Crippen LogP contribution in [0, 0.1) is 17.0 Å². The molecule has 2 atom stereocenters. The molecule has 0 bridgehead atoms. The Kier molecular flexibility index (Phi) is 6.50. The number of nitrogens with one attached hydrogen (secondary N) is 1. The average molecular weight is 506 g/mol. The molecular formula is C24H25F2N3O5S. The van der Waals surface area contributed by atoms with Crippen molar-refractivity contribution in [2.24, 2.45) is 5.73 Å². The largest absolute Gasteiger partial charge is 0.411 e. The number of nitrogens with zero attached hydrogens (tertiary/aromatic N) is 1. The van der Waals surface area contributed by atoms with Gasteiger partial charge in [0, 0.05) is 36.6 Å². The zero-order valence-electron chi connectivity index (χ0n) is 19.0. The number of rotatable bonds is 5. The lowest BCUT2D eigenvalue weighted by Gasteiger charge is -2.40. The molecule has 1 heterocycles. The lowest BCUT2D eigenvalue weighted by Crippen LogP contribution is -2.50. The van der Waals surface area contributed by atoms with Gasteiger partial charge >= 0.3 is 6.09 Å². The van der Waals surface area contributed by atoms with Crippen molar-refractivity contribution in [1.29, 1.82) is 5.41 Å². The molecule has 2 aromatic carbocycles. The van der Waals surface area contributed by atoms with Gasteiger partial charge in [0.2, 0.25) is 15.9 Å². The zero-order valence-corrected chi connectivity index (χ0v) is 19.8. The molecule has 1 saturated carbocycles. The summed E-state index contributed by atoms with van der Waals surface area (Å²) in [5.74, 6) is -2.88. The molecule has 1 aliphatic heterocycles. The van der Waals surface area contributed by atoms with Gasteiger partial charge in [0.15, 0.2) is 0 Å². The maximum Gasteiger partial charge on any atom is 0.411 e. The lowest BCUT2D eigenvalue weighted by atomic mass is 9.63. The van der Waals surface area contributed by atoms with Gasteiger partial charge in [-0.3, -0.25) is 10.2 Å². The van der Waals surface area contributed by atoms with E-state index in [4.69, 9.17) is 11.1 Å². The summed E-state index contributed by atoms with van der Waals surface area (Å²) in [6.07, 6.45) is -1.02. The number of halogens is 2. The molecule has 2 aromatic rings. The van der Waals surface area contributed by atoms with Crippen LogP contribution in [0.5, 0.6) is 0 Å². The van der Waals surface area contributed by atoms with Gasteiger partial charge in [0.1, 0.15) is 22.7 Å². The van der Waals surface area contributed by atoms with Crippen LogP contribution in [-0.2, 0) is 31.5 Å². The van der Waals surface area contributed by atoms with Crippen LogP contribution >= 0.6 is 0 Å². The van der Waals surface area contributed by atoms with Gasteiger partial charge in [-0.25, -0.2) is 22.0 Å². The summed E-state index contributed by atoms with van der Waals surface area (Å²) in [5.41, 5.74) is 3.45. The van der Waals surface area contributed by atoms with Gasteiger partial charge in [-0.05, 0) is 37.5 Å². The Morgan fingerprint density at radius 3 is 2.43 bits per heavy atom. The molecule has 1 saturated heterocycles. The number of ether oxygens (including phenoxy) is 1. The number of benzene rings is 2. The Labute approximate surface area is 201 Å². The first-order valence-corrected chi connectivity index (χ1v) is 12.6. The number of amides is 1. The first-order valence-electron chi connectivity index (χ1n) is 11.1. The number of carbonyl (C=O) groups excluding carboxylic acids is 2. The monoisotopic (exact) mass is 505 g/mol. The van der Waals surface area contributed by atoms with Crippen molar-refractivity contribution in [3.8, 4) is 0 Å². The van der Waals surface area contributed by atoms with Crippen LogP contribution in [0.25, 0.3) is 0 Å². The highest BCUT2D eigenvalue weighted by Gasteiger charge is 2.52. The van der Waals surface area contributed by atoms with E-state index in [9.17, 15) is 18.0 Å². The smallest absolute Gasteiger partial charge is 0.395 e. The first kappa shape index (κ1) is 24.9. The molecule has 1 aliphatic carbocycles. The molecule has 4 rings (SSSR count). The number of nitrogens with two attached hydrogens (primary N) is 1. The quantitative estimate of drug-likeness (QED) is 0.473. The van der Waals surface area contributed by atoms with E-state index in [0.717, 1.165) is 12.1 Å². The summed E-state index contributed by atoms with van der Waals surface area (Å²) in [6.45, 7) is 1.34. The third-order valence-electron chi connectivity index (χ3n) is 6.81. The maximum atomic E-state index is 15.2. The van der Waals surface area contributed by atoms with E-state index in [1.165, 1.54) is 4.31 Å². The van der Waals surface area contributed by atoms with Crippen LogP contribution in [0.15, 0.2) is 42.5 Å². The molecule has 186 valence electrons. The number of primary amides is 1. The molecular weight excluding hydrogens is 480 g/mol. The van der Waals surface area contributed by atoms with E-state index >= 15 is 8.78 Å². The molecule has 35 heavy (non-hydrogen) atoms. The Morgan fingerprint density at radius 1 is 1.17 bits per heavy atom. The van der Waals surface area contributed by atoms with E-state index in [-0.39, 0.29) is 36.3 Å². The van der Waals surface area contributed by atoms with Crippen LogP contribution in [0.4, 0.5) is 13.6 Å². The molecule has 2 fully saturated rings. The number of ketones is 1. The molecule has 3 N–H and O–H groups in total. The highest BCUT2D eigenvalue weighted by Crippen LogP contribution is 2.45. The highest BCUT2D eigenvalue weighted by atomic mass is 32.2. The van der Waals surface area contributed by atoms with Gasteiger partial charge in [-0.2, -0.15) is 4.31 Å². The Hall–Kier alpha value is -3.18. The van der Waals surface area contributed by atoms with Crippen molar-refractivity contribution >= 4 is 27.8 Å². The number of hydrogen-bond acceptors (Lipinski definition) is 6. The standard InChI is InChI=1S/C24H25F2N3O5S/c1-14-7-8-21(15-5-3-2-4-6-15)35(32,33)29(14)13-16-9-20(26)18(10-19(16)25)24(11-17(30)12-24)22(27)34-23(28)31/h2-6,9-10,14,21,27H,7-8,11-13H2,1H3,(H2,28,31)/t14-,21+/m0/s1. The van der Waals surface area contributed by atoms with Gasteiger partial charge in [0.25, 0.3) is 0 Å². The Morgan fingerprint density at radius 2 is 1.83 bits per heavy atom. The molecule has 0 spiro atoms. The normalized spacial score (nSPS) is 23.3. The second-order valence-corrected chi connectivity index (χ2v) is 11.1. The van der Waals surface area contributed by atoms with Gasteiger partial charge in [-0.15, -0.1) is 0 Å². The highest BCUT2D eigenvalue weighted by molar-refractivity contribution is 7.89. The summed E-state index contributed by atoms with van der Waals surface area (Å²) in [5, 5.41) is 7.22.